The molecule has 0 radical (unpaired) electrons. The molecule has 1 fully saturated rings. The maximum absolute atomic E-state index is 5.54. The molecule has 3 nitrogen and oxygen atoms in total. The molecule has 0 bridgehead atoms. The molecule has 1 heterocycles. The van der Waals surface area contributed by atoms with E-state index in [-0.39, 0.29) is 0 Å². The predicted molar refractivity (Wildman–Crippen MR) is 91.5 cm³/mol. The second-order valence-electron chi connectivity index (χ2n) is 6.06. The molecule has 0 aromatic heterocycles. The third-order valence-corrected chi connectivity index (χ3v) is 5.64. The highest BCUT2D eigenvalue weighted by atomic mass is 32.2. The van der Waals surface area contributed by atoms with Crippen molar-refractivity contribution in [2.45, 2.75) is 39.0 Å². The lowest BCUT2D eigenvalue weighted by atomic mass is 9.75. The number of nitrogens with one attached hydrogen (secondary N) is 1. The summed E-state index contributed by atoms with van der Waals surface area (Å²) < 4.78 is 5.54. The van der Waals surface area contributed by atoms with E-state index in [9.17, 15) is 0 Å². The zero-order valence-corrected chi connectivity index (χ0v) is 13.5. The van der Waals surface area contributed by atoms with Crippen LogP contribution in [0.3, 0.4) is 0 Å². The summed E-state index contributed by atoms with van der Waals surface area (Å²) in [6.07, 6.45) is 6.89. The second-order valence-corrected chi connectivity index (χ2v) is 7.02. The molecule has 1 aromatic rings. The number of rotatable bonds is 3. The number of hydrogen-bond donors (Lipinski definition) is 1. The molecule has 1 aromatic carbocycles. The van der Waals surface area contributed by atoms with Gasteiger partial charge in [0, 0.05) is 24.1 Å². The second kappa shape index (κ2) is 6.73. The lowest BCUT2D eigenvalue weighted by Crippen LogP contribution is -2.35. The standard InChI is InChI=1S/C17H24N2OS/c1-2-20-15-8-6-7-14(11-15)19-16-18-12-17(13-21-16)9-4-3-5-10-17/h6-8,11H,2-5,9-10,12-13H2,1H3,(H,18,19). The molecule has 1 N–H and O–H groups in total. The maximum Gasteiger partial charge on any atom is 0.161 e. The first kappa shape index (κ1) is 14.8. The maximum atomic E-state index is 5.54. The van der Waals surface area contributed by atoms with Crippen LogP contribution in [-0.2, 0) is 0 Å². The van der Waals surface area contributed by atoms with Crippen LogP contribution in [0, 0.1) is 5.41 Å². The number of nitrogens with zero attached hydrogens (tertiary/aromatic N) is 1. The van der Waals surface area contributed by atoms with Crippen LogP contribution in [0.4, 0.5) is 5.69 Å². The van der Waals surface area contributed by atoms with Crippen molar-refractivity contribution in [1.29, 1.82) is 0 Å². The van der Waals surface area contributed by atoms with Gasteiger partial charge in [0.05, 0.1) is 6.61 Å². The van der Waals surface area contributed by atoms with E-state index in [1.165, 1.54) is 37.9 Å². The molecule has 1 spiro atoms. The molecule has 21 heavy (non-hydrogen) atoms. The van der Waals surface area contributed by atoms with Crippen LogP contribution in [-0.4, -0.2) is 24.1 Å². The smallest absolute Gasteiger partial charge is 0.161 e. The van der Waals surface area contributed by atoms with Crippen molar-refractivity contribution >= 4 is 22.6 Å². The number of ether oxygens (including phenoxy) is 1. The summed E-state index contributed by atoms with van der Waals surface area (Å²) in [6.45, 7) is 3.69. The number of anilines is 1. The molecule has 3 rings (SSSR count). The summed E-state index contributed by atoms with van der Waals surface area (Å²) in [7, 11) is 0. The van der Waals surface area contributed by atoms with Crippen molar-refractivity contribution in [3.05, 3.63) is 24.3 Å². The fraction of sp³-hybridized carbons (Fsp3) is 0.588. The first-order chi connectivity index (χ1) is 10.3. The van der Waals surface area contributed by atoms with Gasteiger partial charge < -0.3 is 10.1 Å². The molecule has 0 amide bonds. The Bertz CT molecular complexity index is 509. The summed E-state index contributed by atoms with van der Waals surface area (Å²) in [6, 6.07) is 8.11. The molecule has 2 aliphatic rings. The average Bonchev–Trinajstić information content (AvgIpc) is 2.52. The Morgan fingerprint density at radius 3 is 2.86 bits per heavy atom. The van der Waals surface area contributed by atoms with E-state index < -0.39 is 0 Å². The number of aliphatic imine (C=N–C) groups is 1. The third-order valence-electron chi connectivity index (χ3n) is 4.38. The van der Waals surface area contributed by atoms with Gasteiger partial charge >= 0.3 is 0 Å². The van der Waals surface area contributed by atoms with Crippen molar-refractivity contribution in [3.8, 4) is 5.75 Å². The Morgan fingerprint density at radius 1 is 1.29 bits per heavy atom. The third kappa shape index (κ3) is 3.73. The fourth-order valence-electron chi connectivity index (χ4n) is 3.19. The lowest BCUT2D eigenvalue weighted by Gasteiger charge is -2.38. The van der Waals surface area contributed by atoms with E-state index in [4.69, 9.17) is 9.73 Å². The lowest BCUT2D eigenvalue weighted by molar-refractivity contribution is 0.232. The zero-order valence-electron chi connectivity index (χ0n) is 12.7. The quantitative estimate of drug-likeness (QED) is 0.889. The highest BCUT2D eigenvalue weighted by Gasteiger charge is 2.34. The van der Waals surface area contributed by atoms with Crippen LogP contribution in [0.25, 0.3) is 0 Å². The van der Waals surface area contributed by atoms with Crippen LogP contribution in [0.5, 0.6) is 5.75 Å². The Hall–Kier alpha value is -1.16. The molecule has 0 unspecified atom stereocenters. The Kier molecular flexibility index (Phi) is 4.73. The van der Waals surface area contributed by atoms with E-state index in [1.54, 1.807) is 0 Å². The van der Waals surface area contributed by atoms with Crippen LogP contribution in [0.15, 0.2) is 29.3 Å². The monoisotopic (exact) mass is 304 g/mol. The summed E-state index contributed by atoms with van der Waals surface area (Å²) in [5.41, 5.74) is 1.55. The SMILES string of the molecule is CCOc1cccc(NC2=NCC3(CCCCC3)CS2)c1. The van der Waals surface area contributed by atoms with Crippen molar-refractivity contribution in [1.82, 2.24) is 0 Å². The van der Waals surface area contributed by atoms with E-state index in [0.717, 1.165) is 23.1 Å². The highest BCUT2D eigenvalue weighted by molar-refractivity contribution is 8.14. The van der Waals surface area contributed by atoms with Crippen molar-refractivity contribution in [2.75, 3.05) is 24.2 Å². The van der Waals surface area contributed by atoms with Gasteiger partial charge in [-0.1, -0.05) is 37.1 Å². The molecule has 4 heteroatoms. The predicted octanol–water partition coefficient (Wildman–Crippen LogP) is 4.55. The number of benzene rings is 1. The van der Waals surface area contributed by atoms with Crippen LogP contribution in [0.1, 0.15) is 39.0 Å². The molecule has 1 aliphatic carbocycles. The molecule has 1 saturated carbocycles. The summed E-state index contributed by atoms with van der Waals surface area (Å²) >= 11 is 1.88. The molecule has 0 saturated heterocycles. The van der Waals surface area contributed by atoms with E-state index in [0.29, 0.717) is 12.0 Å². The molecular formula is C17H24N2OS. The summed E-state index contributed by atoms with van der Waals surface area (Å²) in [5.74, 6) is 2.12. The minimum absolute atomic E-state index is 0.487. The van der Waals surface area contributed by atoms with E-state index in [2.05, 4.69) is 11.4 Å². The largest absolute Gasteiger partial charge is 0.494 e. The zero-order chi connectivity index (χ0) is 14.5. The van der Waals surface area contributed by atoms with Gasteiger partial charge in [-0.2, -0.15) is 0 Å². The van der Waals surface area contributed by atoms with Crippen LogP contribution >= 0.6 is 11.8 Å². The number of amidine groups is 1. The average molecular weight is 304 g/mol. The van der Waals surface area contributed by atoms with Gasteiger partial charge in [0.1, 0.15) is 5.75 Å². The highest BCUT2D eigenvalue weighted by Crippen LogP contribution is 2.42. The van der Waals surface area contributed by atoms with Gasteiger partial charge in [-0.3, -0.25) is 4.99 Å². The first-order valence-electron chi connectivity index (χ1n) is 7.97. The van der Waals surface area contributed by atoms with Gasteiger partial charge in [-0.25, -0.2) is 0 Å². The van der Waals surface area contributed by atoms with Gasteiger partial charge in [-0.15, -0.1) is 0 Å². The number of thioether (sulfide) groups is 1. The summed E-state index contributed by atoms with van der Waals surface area (Å²) in [4.78, 5) is 4.81. The van der Waals surface area contributed by atoms with Crippen LogP contribution in [0.2, 0.25) is 0 Å². The first-order valence-corrected chi connectivity index (χ1v) is 8.95. The van der Waals surface area contributed by atoms with Gasteiger partial charge in [0.25, 0.3) is 0 Å². The van der Waals surface area contributed by atoms with Gasteiger partial charge in [-0.05, 0) is 37.3 Å². The van der Waals surface area contributed by atoms with Gasteiger partial charge in [0.2, 0.25) is 0 Å². The van der Waals surface area contributed by atoms with Gasteiger partial charge in [0.15, 0.2) is 5.17 Å². The minimum Gasteiger partial charge on any atom is -0.494 e. The van der Waals surface area contributed by atoms with E-state index in [1.807, 2.05) is 36.9 Å². The normalized spacial score (nSPS) is 20.9. The molecule has 1 aliphatic heterocycles. The van der Waals surface area contributed by atoms with Crippen LogP contribution < -0.4 is 10.1 Å². The fourth-order valence-corrected chi connectivity index (χ4v) is 4.35. The summed E-state index contributed by atoms with van der Waals surface area (Å²) in [5, 5.41) is 4.49. The Labute approximate surface area is 131 Å². The van der Waals surface area contributed by atoms with Crippen molar-refractivity contribution in [2.24, 2.45) is 10.4 Å². The Morgan fingerprint density at radius 2 is 2.14 bits per heavy atom. The Balaban J connectivity index is 1.62. The minimum atomic E-state index is 0.487. The van der Waals surface area contributed by atoms with Crippen molar-refractivity contribution in [3.63, 3.8) is 0 Å². The molecular weight excluding hydrogens is 280 g/mol. The van der Waals surface area contributed by atoms with E-state index >= 15 is 0 Å². The number of hydrogen-bond acceptors (Lipinski definition) is 4. The molecule has 114 valence electrons. The van der Waals surface area contributed by atoms with Crippen molar-refractivity contribution < 1.29 is 4.74 Å². The molecule has 0 atom stereocenters. The topological polar surface area (TPSA) is 33.6 Å².